The molecule has 0 aliphatic carbocycles. The van der Waals surface area contributed by atoms with E-state index in [1.54, 1.807) is 18.5 Å². The Kier molecular flexibility index (Phi) is 5.92. The fraction of sp³-hybridized carbons (Fsp3) is 0.286. The first kappa shape index (κ1) is 12.2. The van der Waals surface area contributed by atoms with Crippen molar-refractivity contribution in [1.82, 2.24) is 5.06 Å². The van der Waals surface area contributed by atoms with E-state index in [-0.39, 0.29) is 38.6 Å². The quantitative estimate of drug-likeness (QED) is 0.589. The average Bonchev–Trinajstić information content (AvgIpc) is 2.53. The molecule has 0 saturated carbocycles. The molecule has 5 heteroatoms. The van der Waals surface area contributed by atoms with Gasteiger partial charge in [-0.2, -0.15) is 12.1 Å². The Balaban J connectivity index is 0.00000121. The average molecular weight is 259 g/mol. The summed E-state index contributed by atoms with van der Waals surface area (Å²) in [5, 5.41) is 2.97. The van der Waals surface area contributed by atoms with Gasteiger partial charge >= 0.3 is 0 Å². The molecule has 0 unspecified atom stereocenters. The van der Waals surface area contributed by atoms with Gasteiger partial charge in [0.25, 0.3) is 0 Å². The molecule has 0 atom stereocenters. The summed E-state index contributed by atoms with van der Waals surface area (Å²) in [6.07, 6.45) is 0. The van der Waals surface area contributed by atoms with Gasteiger partial charge in [0.15, 0.2) is 5.91 Å². The standard InChI is InChI=1S/C7H8NO2S.Y/c1-8(10-2)7(9)6-4-3-5-11-6;/h3,5H,1-2H3;/q-1;. The van der Waals surface area contributed by atoms with E-state index in [1.165, 1.54) is 23.5 Å². The summed E-state index contributed by atoms with van der Waals surface area (Å²) < 4.78 is 0. The fourth-order valence-electron chi connectivity index (χ4n) is 0.584. The molecule has 1 amide bonds. The number of carbonyl (C=O) groups excluding carboxylic acids is 1. The van der Waals surface area contributed by atoms with Crippen LogP contribution in [0.25, 0.3) is 0 Å². The number of hydroxylamine groups is 2. The molecule has 1 aromatic heterocycles. The van der Waals surface area contributed by atoms with E-state index in [0.717, 1.165) is 0 Å². The molecule has 1 radical (unpaired) electrons. The molecule has 1 aromatic rings. The number of carbonyl (C=O) groups is 1. The Morgan fingerprint density at radius 1 is 1.75 bits per heavy atom. The second-order valence-electron chi connectivity index (χ2n) is 1.88. The summed E-state index contributed by atoms with van der Waals surface area (Å²) in [5.74, 6) is -0.164. The molecule has 1 heterocycles. The Bertz CT molecular complexity index is 238. The predicted octanol–water partition coefficient (Wildman–Crippen LogP) is 1.18. The van der Waals surface area contributed by atoms with E-state index >= 15 is 0 Å². The van der Waals surface area contributed by atoms with Gasteiger partial charge in [-0.05, 0) is 4.88 Å². The number of hydrogen-bond donors (Lipinski definition) is 0. The maximum Gasteiger partial charge on any atom is 0.182 e. The van der Waals surface area contributed by atoms with Crippen LogP contribution in [-0.4, -0.2) is 25.1 Å². The molecule has 0 aliphatic rings. The van der Waals surface area contributed by atoms with Crippen LogP contribution in [0.5, 0.6) is 0 Å². The van der Waals surface area contributed by atoms with Crippen molar-refractivity contribution in [3.05, 3.63) is 22.4 Å². The van der Waals surface area contributed by atoms with Gasteiger partial charge in [-0.1, -0.05) is 0 Å². The van der Waals surface area contributed by atoms with Gasteiger partial charge in [-0.25, -0.2) is 11.3 Å². The van der Waals surface area contributed by atoms with Crippen LogP contribution in [0.3, 0.4) is 0 Å². The van der Waals surface area contributed by atoms with Gasteiger partial charge in [0.1, 0.15) is 0 Å². The van der Waals surface area contributed by atoms with Crippen LogP contribution in [-0.2, 0) is 37.5 Å². The number of rotatable bonds is 2. The molecule has 0 saturated heterocycles. The summed E-state index contributed by atoms with van der Waals surface area (Å²) in [7, 11) is 3.02. The van der Waals surface area contributed by atoms with Crippen LogP contribution < -0.4 is 0 Å². The van der Waals surface area contributed by atoms with Gasteiger partial charge in [-0.3, -0.25) is 9.90 Å². The first-order valence-electron chi connectivity index (χ1n) is 3.03. The molecular formula is C7H8NO2SY-. The van der Waals surface area contributed by atoms with Crippen molar-refractivity contribution in [2.75, 3.05) is 14.2 Å². The van der Waals surface area contributed by atoms with Crippen LogP contribution >= 0.6 is 11.3 Å². The largest absolute Gasteiger partial charge is 0.342 e. The topological polar surface area (TPSA) is 29.5 Å². The zero-order valence-electron chi connectivity index (χ0n) is 6.90. The summed E-state index contributed by atoms with van der Waals surface area (Å²) in [6.45, 7) is 0. The van der Waals surface area contributed by atoms with Gasteiger partial charge in [0.2, 0.25) is 0 Å². The first-order chi connectivity index (χ1) is 5.25. The predicted molar refractivity (Wildman–Crippen MR) is 42.3 cm³/mol. The van der Waals surface area contributed by atoms with Crippen molar-refractivity contribution < 1.29 is 42.3 Å². The Morgan fingerprint density at radius 2 is 2.42 bits per heavy atom. The monoisotopic (exact) mass is 259 g/mol. The minimum Gasteiger partial charge on any atom is -0.342 e. The minimum absolute atomic E-state index is 0. The van der Waals surface area contributed by atoms with E-state index in [9.17, 15) is 4.79 Å². The van der Waals surface area contributed by atoms with Gasteiger partial charge in [0, 0.05) is 39.8 Å². The van der Waals surface area contributed by atoms with Crippen LogP contribution in [0.4, 0.5) is 0 Å². The smallest absolute Gasteiger partial charge is 0.182 e. The fourth-order valence-corrected chi connectivity index (χ4v) is 1.22. The summed E-state index contributed by atoms with van der Waals surface area (Å²) in [5.41, 5.74) is 0. The van der Waals surface area contributed by atoms with E-state index in [0.29, 0.717) is 4.88 Å². The normalized spacial score (nSPS) is 8.83. The van der Waals surface area contributed by atoms with Crippen molar-refractivity contribution in [2.45, 2.75) is 0 Å². The van der Waals surface area contributed by atoms with E-state index < -0.39 is 0 Å². The van der Waals surface area contributed by atoms with Crippen molar-refractivity contribution in [3.8, 4) is 0 Å². The van der Waals surface area contributed by atoms with E-state index in [1.807, 2.05) is 0 Å². The number of amides is 1. The Labute approximate surface area is 101 Å². The summed E-state index contributed by atoms with van der Waals surface area (Å²) >= 11 is 1.35. The van der Waals surface area contributed by atoms with Crippen molar-refractivity contribution in [1.29, 1.82) is 0 Å². The molecule has 1 rings (SSSR count). The molecule has 0 N–H and O–H groups in total. The van der Waals surface area contributed by atoms with Crippen LogP contribution in [0.1, 0.15) is 9.67 Å². The second-order valence-corrected chi connectivity index (χ2v) is 2.80. The number of nitrogens with zero attached hydrogens (tertiary/aromatic N) is 1. The van der Waals surface area contributed by atoms with Gasteiger partial charge in [-0.15, -0.1) is 5.38 Å². The van der Waals surface area contributed by atoms with Crippen LogP contribution in [0.15, 0.2) is 11.4 Å². The molecule has 0 aromatic carbocycles. The molecular weight excluding hydrogens is 251 g/mol. The maximum absolute atomic E-state index is 11.2. The van der Waals surface area contributed by atoms with Crippen molar-refractivity contribution >= 4 is 17.2 Å². The van der Waals surface area contributed by atoms with Crippen molar-refractivity contribution in [3.63, 3.8) is 0 Å². The maximum atomic E-state index is 11.2. The Morgan fingerprint density at radius 3 is 2.83 bits per heavy atom. The number of thiophene rings is 1. The molecule has 0 aliphatic heterocycles. The molecule has 12 heavy (non-hydrogen) atoms. The SMILES string of the molecule is CON(C)C(=O)c1[c-]ccs1.[Y]. The molecule has 0 fully saturated rings. The van der Waals surface area contributed by atoms with Crippen LogP contribution in [0, 0.1) is 6.07 Å². The van der Waals surface area contributed by atoms with Crippen molar-refractivity contribution in [2.24, 2.45) is 0 Å². The minimum atomic E-state index is -0.164. The molecule has 0 spiro atoms. The zero-order chi connectivity index (χ0) is 8.27. The summed E-state index contributed by atoms with van der Waals surface area (Å²) in [4.78, 5) is 16.5. The Hall–Kier alpha value is 0.234. The molecule has 0 bridgehead atoms. The van der Waals surface area contributed by atoms with Crippen LogP contribution in [0.2, 0.25) is 0 Å². The van der Waals surface area contributed by atoms with E-state index in [2.05, 4.69) is 6.07 Å². The first-order valence-corrected chi connectivity index (χ1v) is 3.91. The molecule has 3 nitrogen and oxygen atoms in total. The third-order valence-corrected chi connectivity index (χ3v) is 2.02. The summed E-state index contributed by atoms with van der Waals surface area (Å²) in [6, 6.07) is 4.51. The number of hydrogen-bond acceptors (Lipinski definition) is 3. The molecule has 63 valence electrons. The second kappa shape index (κ2) is 5.81. The third-order valence-electron chi connectivity index (χ3n) is 1.22. The van der Waals surface area contributed by atoms with E-state index in [4.69, 9.17) is 4.84 Å². The van der Waals surface area contributed by atoms with Gasteiger partial charge in [0.05, 0.1) is 7.11 Å². The van der Waals surface area contributed by atoms with Gasteiger partial charge < -0.3 is 4.79 Å². The third kappa shape index (κ3) is 2.94. The zero-order valence-corrected chi connectivity index (χ0v) is 10.6.